The van der Waals surface area contributed by atoms with Gasteiger partial charge in [0.25, 0.3) is 0 Å². The van der Waals surface area contributed by atoms with Crippen molar-refractivity contribution >= 4 is 11.7 Å². The number of methoxy groups -OCH3 is 1. The van der Waals surface area contributed by atoms with Crippen LogP contribution in [-0.2, 0) is 11.3 Å². The molecule has 32 heavy (non-hydrogen) atoms. The van der Waals surface area contributed by atoms with Crippen molar-refractivity contribution in [3.63, 3.8) is 0 Å². The Kier molecular flexibility index (Phi) is 5.75. The van der Waals surface area contributed by atoms with Crippen LogP contribution in [0.4, 0.5) is 14.9 Å². The molecule has 5 rings (SSSR count). The summed E-state index contributed by atoms with van der Waals surface area (Å²) < 4.78 is 24.9. The molecule has 0 unspecified atom stereocenters. The smallest absolute Gasteiger partial charge is 0.325 e. The summed E-state index contributed by atoms with van der Waals surface area (Å²) in [6.07, 6.45) is 1.53. The largest absolute Gasteiger partial charge is 0.497 e. The molecule has 0 saturated carbocycles. The molecule has 2 N–H and O–H groups in total. The number of hydrogen-bond donors (Lipinski definition) is 2. The van der Waals surface area contributed by atoms with E-state index in [-0.39, 0.29) is 17.4 Å². The number of urea groups is 1. The van der Waals surface area contributed by atoms with Gasteiger partial charge in [-0.2, -0.15) is 0 Å². The van der Waals surface area contributed by atoms with E-state index in [0.29, 0.717) is 38.0 Å². The van der Waals surface area contributed by atoms with E-state index in [1.165, 1.54) is 24.8 Å². The number of ether oxygens (including phenoxy) is 2. The van der Waals surface area contributed by atoms with Crippen molar-refractivity contribution in [2.24, 2.45) is 0 Å². The van der Waals surface area contributed by atoms with Crippen LogP contribution in [0.1, 0.15) is 29.9 Å². The first-order chi connectivity index (χ1) is 15.6. The highest BCUT2D eigenvalue weighted by molar-refractivity contribution is 5.95. The lowest BCUT2D eigenvalue weighted by Gasteiger charge is -2.40. The minimum Gasteiger partial charge on any atom is -0.497 e. The van der Waals surface area contributed by atoms with Crippen LogP contribution in [0.3, 0.4) is 0 Å². The standard InChI is InChI=1S/C24H29FN4O3/c1-31-22-11-17(10-20(25)12-22)15-29-23(30)28(16-24(29)6-8-32-9-7-24)21-4-2-18(3-5-21)19-13-26-27-14-19/h2-5,10-12,19,26-27H,6-9,13-16H2,1H3. The lowest BCUT2D eigenvalue weighted by Crippen LogP contribution is -2.50. The fourth-order valence-electron chi connectivity index (χ4n) is 5.05. The minimum atomic E-state index is -0.365. The number of nitrogens with one attached hydrogen (secondary N) is 2. The first-order valence-corrected chi connectivity index (χ1v) is 11.1. The van der Waals surface area contributed by atoms with Crippen LogP contribution >= 0.6 is 0 Å². The average Bonchev–Trinajstić information content (AvgIpc) is 3.43. The summed E-state index contributed by atoms with van der Waals surface area (Å²) in [5, 5.41) is 0. The first kappa shape index (κ1) is 21.2. The SMILES string of the molecule is COc1cc(F)cc(CN2C(=O)N(c3ccc(C4CNNC4)cc3)CC23CCOCC3)c1. The molecule has 0 aliphatic carbocycles. The molecule has 3 heterocycles. The van der Waals surface area contributed by atoms with Crippen LogP contribution in [0.15, 0.2) is 42.5 Å². The fourth-order valence-corrected chi connectivity index (χ4v) is 5.05. The van der Waals surface area contributed by atoms with Crippen LogP contribution in [0.25, 0.3) is 0 Å². The Morgan fingerprint density at radius 1 is 1.12 bits per heavy atom. The number of hydrazine groups is 1. The summed E-state index contributed by atoms with van der Waals surface area (Å²) in [4.78, 5) is 17.4. The second-order valence-corrected chi connectivity index (χ2v) is 8.84. The van der Waals surface area contributed by atoms with E-state index < -0.39 is 0 Å². The number of amides is 2. The Morgan fingerprint density at radius 3 is 2.53 bits per heavy atom. The summed E-state index contributed by atoms with van der Waals surface area (Å²) in [6.45, 7) is 3.97. The van der Waals surface area contributed by atoms with Crippen molar-refractivity contribution in [2.45, 2.75) is 30.8 Å². The average molecular weight is 441 g/mol. The Morgan fingerprint density at radius 2 is 1.84 bits per heavy atom. The van der Waals surface area contributed by atoms with E-state index in [4.69, 9.17) is 9.47 Å². The zero-order valence-corrected chi connectivity index (χ0v) is 18.3. The number of benzene rings is 2. The Labute approximate surface area is 187 Å². The van der Waals surface area contributed by atoms with Gasteiger partial charge in [-0.3, -0.25) is 15.8 Å². The zero-order valence-electron chi connectivity index (χ0n) is 18.3. The molecule has 3 aliphatic rings. The molecule has 3 saturated heterocycles. The van der Waals surface area contributed by atoms with Gasteiger partial charge < -0.3 is 14.4 Å². The summed E-state index contributed by atoms with van der Waals surface area (Å²) in [5.41, 5.74) is 8.86. The maximum Gasteiger partial charge on any atom is 0.325 e. The topological polar surface area (TPSA) is 66.1 Å². The summed E-state index contributed by atoms with van der Waals surface area (Å²) in [5.74, 6) is 0.519. The van der Waals surface area contributed by atoms with Crippen LogP contribution in [0.5, 0.6) is 5.75 Å². The first-order valence-electron chi connectivity index (χ1n) is 11.1. The number of anilines is 1. The fraction of sp³-hybridized carbons (Fsp3) is 0.458. The van der Waals surface area contributed by atoms with E-state index in [1.54, 1.807) is 6.07 Å². The second-order valence-electron chi connectivity index (χ2n) is 8.84. The van der Waals surface area contributed by atoms with Crippen LogP contribution in [0.2, 0.25) is 0 Å². The number of carbonyl (C=O) groups is 1. The molecule has 0 atom stereocenters. The van der Waals surface area contributed by atoms with Crippen LogP contribution in [0, 0.1) is 5.82 Å². The van der Waals surface area contributed by atoms with Crippen molar-refractivity contribution in [2.75, 3.05) is 44.9 Å². The summed E-state index contributed by atoms with van der Waals surface area (Å²) in [7, 11) is 1.52. The maximum absolute atomic E-state index is 14.1. The molecule has 0 bridgehead atoms. The molecule has 0 aromatic heterocycles. The van der Waals surface area contributed by atoms with Gasteiger partial charge in [0.15, 0.2) is 0 Å². The van der Waals surface area contributed by atoms with Crippen molar-refractivity contribution in [1.29, 1.82) is 0 Å². The molecule has 7 nitrogen and oxygen atoms in total. The summed E-state index contributed by atoms with van der Waals surface area (Å²) >= 11 is 0. The Bertz CT molecular complexity index is 972. The van der Waals surface area contributed by atoms with Crippen molar-refractivity contribution < 1.29 is 18.7 Å². The molecular weight excluding hydrogens is 411 g/mol. The third-order valence-electron chi connectivity index (χ3n) is 6.92. The van der Waals surface area contributed by atoms with Gasteiger partial charge >= 0.3 is 6.03 Å². The maximum atomic E-state index is 14.1. The van der Waals surface area contributed by atoms with Gasteiger partial charge in [-0.05, 0) is 48.2 Å². The Hall–Kier alpha value is -2.68. The quantitative estimate of drug-likeness (QED) is 0.748. The number of hydrogen-bond acceptors (Lipinski definition) is 5. The highest BCUT2D eigenvalue weighted by Crippen LogP contribution is 2.39. The van der Waals surface area contributed by atoms with E-state index in [9.17, 15) is 9.18 Å². The Balaban J connectivity index is 1.42. The van der Waals surface area contributed by atoms with Gasteiger partial charge in [0.2, 0.25) is 0 Å². The predicted molar refractivity (Wildman–Crippen MR) is 119 cm³/mol. The van der Waals surface area contributed by atoms with Gasteiger partial charge in [0, 0.05) is 50.5 Å². The third kappa shape index (κ3) is 3.94. The van der Waals surface area contributed by atoms with E-state index >= 15 is 0 Å². The number of nitrogens with zero attached hydrogens (tertiary/aromatic N) is 2. The van der Waals surface area contributed by atoms with Crippen LogP contribution in [-0.4, -0.2) is 56.4 Å². The normalized spacial score (nSPS) is 21.0. The lowest BCUT2D eigenvalue weighted by atomic mass is 9.88. The molecule has 0 radical (unpaired) electrons. The second kappa shape index (κ2) is 8.69. The highest BCUT2D eigenvalue weighted by atomic mass is 19.1. The van der Waals surface area contributed by atoms with Crippen LogP contribution < -0.4 is 20.5 Å². The molecule has 3 fully saturated rings. The highest BCUT2D eigenvalue weighted by Gasteiger charge is 2.50. The molecule has 2 amide bonds. The van der Waals surface area contributed by atoms with Gasteiger partial charge in [-0.25, -0.2) is 9.18 Å². The van der Waals surface area contributed by atoms with Gasteiger partial charge in [-0.15, -0.1) is 0 Å². The van der Waals surface area contributed by atoms with Crippen molar-refractivity contribution in [3.05, 3.63) is 59.4 Å². The lowest BCUT2D eigenvalue weighted by molar-refractivity contribution is 0.00607. The minimum absolute atomic E-state index is 0.0490. The van der Waals surface area contributed by atoms with E-state index in [2.05, 4.69) is 23.0 Å². The number of halogens is 1. The van der Waals surface area contributed by atoms with Gasteiger partial charge in [0.05, 0.1) is 19.2 Å². The molecule has 2 aromatic carbocycles. The number of rotatable bonds is 5. The molecule has 2 aromatic rings. The molecule has 1 spiro atoms. The molecule has 170 valence electrons. The third-order valence-corrected chi connectivity index (χ3v) is 6.92. The zero-order chi connectivity index (χ0) is 22.1. The van der Waals surface area contributed by atoms with Gasteiger partial charge in [0.1, 0.15) is 11.6 Å². The molecule has 3 aliphatic heterocycles. The van der Waals surface area contributed by atoms with E-state index in [1.807, 2.05) is 21.9 Å². The predicted octanol–water partition coefficient (Wildman–Crippen LogP) is 3.02. The molecule has 8 heteroatoms. The molecular formula is C24H29FN4O3. The van der Waals surface area contributed by atoms with Crippen molar-refractivity contribution in [3.8, 4) is 5.75 Å². The van der Waals surface area contributed by atoms with E-state index in [0.717, 1.165) is 37.2 Å². The number of carbonyl (C=O) groups excluding carboxylic acids is 1. The summed E-state index contributed by atoms with van der Waals surface area (Å²) in [6, 6.07) is 12.9. The monoisotopic (exact) mass is 440 g/mol. The van der Waals surface area contributed by atoms with Gasteiger partial charge in [-0.1, -0.05) is 12.1 Å². The van der Waals surface area contributed by atoms with Crippen molar-refractivity contribution in [1.82, 2.24) is 15.8 Å².